The summed E-state index contributed by atoms with van der Waals surface area (Å²) in [5, 5.41) is 9.54. The van der Waals surface area contributed by atoms with Gasteiger partial charge in [-0.25, -0.2) is 4.79 Å². The number of pyridine rings is 1. The third-order valence-corrected chi connectivity index (χ3v) is 10.6. The molecule has 2 aromatic heterocycles. The van der Waals surface area contributed by atoms with Gasteiger partial charge < -0.3 is 29.7 Å². The fourth-order valence-electron chi connectivity index (χ4n) is 10.3. The van der Waals surface area contributed by atoms with Crippen molar-refractivity contribution in [2.24, 2.45) is 16.2 Å². The lowest BCUT2D eigenvalue weighted by Gasteiger charge is -2.69. The smallest absolute Gasteiger partial charge is 0.330 e. The SMILES string of the molecule is COC(=O)/C=C/CC[C@H](NC(=O)c1oc2ccccc2c1C)C(=O)Nc1cccn(CC(=O)NC23CC4(C)CC(C)(CC(C)(C4)C2)C3)c1=O. The molecule has 0 saturated heterocycles. The van der Waals surface area contributed by atoms with Crippen molar-refractivity contribution in [3.05, 3.63) is 76.4 Å². The summed E-state index contributed by atoms with van der Waals surface area (Å²) >= 11 is 0. The molecular weight excluding hydrogens is 624 g/mol. The molecule has 0 radical (unpaired) electrons. The van der Waals surface area contributed by atoms with Crippen LogP contribution in [-0.4, -0.2) is 46.9 Å². The minimum absolute atomic E-state index is 0.0214. The predicted octanol–water partition coefficient (Wildman–Crippen LogP) is 5.40. The lowest BCUT2D eigenvalue weighted by Crippen LogP contribution is -2.68. The summed E-state index contributed by atoms with van der Waals surface area (Å²) in [6.07, 6.45) is 11.0. The lowest BCUT2D eigenvalue weighted by atomic mass is 9.38. The Kier molecular flexibility index (Phi) is 8.83. The number of allylic oxidation sites excluding steroid dienone is 1. The molecule has 49 heavy (non-hydrogen) atoms. The number of carbonyl (C=O) groups is 4. The number of methoxy groups -OCH3 is 1. The largest absolute Gasteiger partial charge is 0.466 e. The number of hydrogen-bond donors (Lipinski definition) is 3. The second-order valence-corrected chi connectivity index (χ2v) is 15.7. The Balaban J connectivity index is 1.16. The van der Waals surface area contributed by atoms with Crippen LogP contribution in [0.1, 0.15) is 88.3 Å². The van der Waals surface area contributed by atoms with Crippen molar-refractivity contribution in [3.8, 4) is 0 Å². The summed E-state index contributed by atoms with van der Waals surface area (Å²) in [5.41, 5.74) is 0.906. The van der Waals surface area contributed by atoms with E-state index in [-0.39, 0.29) is 58.5 Å². The van der Waals surface area contributed by atoms with Crippen LogP contribution in [0.2, 0.25) is 0 Å². The van der Waals surface area contributed by atoms with E-state index in [4.69, 9.17) is 4.42 Å². The van der Waals surface area contributed by atoms with Crippen LogP contribution in [0.4, 0.5) is 5.69 Å². The molecule has 4 aliphatic rings. The predicted molar refractivity (Wildman–Crippen MR) is 185 cm³/mol. The van der Waals surface area contributed by atoms with E-state index >= 15 is 0 Å². The number of esters is 1. The highest BCUT2D eigenvalue weighted by molar-refractivity contribution is 6.03. The zero-order valence-corrected chi connectivity index (χ0v) is 28.9. The van der Waals surface area contributed by atoms with Crippen molar-refractivity contribution >= 4 is 40.3 Å². The number of furan rings is 1. The first-order valence-electron chi connectivity index (χ1n) is 17.0. The van der Waals surface area contributed by atoms with Gasteiger partial charge in [-0.05, 0) is 92.7 Å². The monoisotopic (exact) mass is 670 g/mol. The van der Waals surface area contributed by atoms with Gasteiger partial charge in [-0.3, -0.25) is 19.2 Å². The molecule has 0 unspecified atom stereocenters. The first-order chi connectivity index (χ1) is 23.1. The molecule has 2 heterocycles. The fourth-order valence-corrected chi connectivity index (χ4v) is 10.3. The standard InChI is InChI=1S/C38H46N4O7/c1-24-25-11-6-8-14-28(25)49-31(24)33(46)39-26(12-7-9-15-30(44)48-5)32(45)40-27-13-10-16-42(34(27)47)17-29(43)41-38-21-35(2)18-36(3,22-38)20-37(4,19-35)23-38/h6,8-11,13-16,26H,7,12,17-23H2,1-5H3,(H,39,46)(H,40,45)(H,41,43)/b15-9+/t26-,35?,36?,37?,38?/m0/s1. The van der Waals surface area contributed by atoms with Gasteiger partial charge in [0, 0.05) is 28.8 Å². The molecule has 4 bridgehead atoms. The zero-order valence-electron chi connectivity index (χ0n) is 28.9. The molecule has 1 atom stereocenters. The van der Waals surface area contributed by atoms with Gasteiger partial charge in [0.2, 0.25) is 11.8 Å². The van der Waals surface area contributed by atoms with Crippen LogP contribution in [0.25, 0.3) is 11.0 Å². The van der Waals surface area contributed by atoms with Crippen LogP contribution in [0.3, 0.4) is 0 Å². The molecule has 11 heteroatoms. The molecule has 3 amide bonds. The number of amides is 3. The second-order valence-electron chi connectivity index (χ2n) is 15.7. The summed E-state index contributed by atoms with van der Waals surface area (Å²) in [4.78, 5) is 65.6. The quantitative estimate of drug-likeness (QED) is 0.183. The number of para-hydroxylation sites is 1. The Morgan fingerprint density at radius 1 is 0.959 bits per heavy atom. The average Bonchev–Trinajstić information content (AvgIpc) is 3.34. The van der Waals surface area contributed by atoms with E-state index in [1.807, 2.05) is 12.1 Å². The molecule has 7 rings (SSSR count). The molecule has 3 aromatic rings. The fraction of sp³-hybridized carbons (Fsp3) is 0.500. The highest BCUT2D eigenvalue weighted by Gasteiger charge is 2.64. The van der Waals surface area contributed by atoms with Crippen LogP contribution in [-0.2, 0) is 25.7 Å². The molecule has 260 valence electrons. The van der Waals surface area contributed by atoms with Crippen molar-refractivity contribution in [2.75, 3.05) is 12.4 Å². The third-order valence-electron chi connectivity index (χ3n) is 10.6. The number of aromatic nitrogens is 1. The molecule has 4 saturated carbocycles. The number of nitrogens with one attached hydrogen (secondary N) is 3. The third kappa shape index (κ3) is 7.07. The zero-order chi connectivity index (χ0) is 35.2. The number of nitrogens with zero attached hydrogens (tertiary/aromatic N) is 1. The average molecular weight is 671 g/mol. The Morgan fingerprint density at radius 3 is 2.24 bits per heavy atom. The van der Waals surface area contributed by atoms with Crippen molar-refractivity contribution < 1.29 is 28.3 Å². The van der Waals surface area contributed by atoms with E-state index in [0.29, 0.717) is 11.1 Å². The number of anilines is 1. The van der Waals surface area contributed by atoms with Gasteiger partial charge in [0.05, 0.1) is 7.11 Å². The summed E-state index contributed by atoms with van der Waals surface area (Å²) in [7, 11) is 1.26. The molecule has 0 spiro atoms. The maximum Gasteiger partial charge on any atom is 0.330 e. The van der Waals surface area contributed by atoms with E-state index in [9.17, 15) is 24.0 Å². The summed E-state index contributed by atoms with van der Waals surface area (Å²) in [5.74, 6) is -1.91. The highest BCUT2D eigenvalue weighted by Crippen LogP contribution is 2.70. The van der Waals surface area contributed by atoms with Crippen molar-refractivity contribution in [2.45, 2.75) is 97.2 Å². The van der Waals surface area contributed by atoms with E-state index in [1.165, 1.54) is 49.3 Å². The number of carbonyl (C=O) groups excluding carboxylic acids is 4. The van der Waals surface area contributed by atoms with Crippen molar-refractivity contribution in [1.29, 1.82) is 0 Å². The molecule has 3 N–H and O–H groups in total. The van der Waals surface area contributed by atoms with E-state index in [1.54, 1.807) is 31.2 Å². The topological polar surface area (TPSA) is 149 Å². The van der Waals surface area contributed by atoms with Gasteiger partial charge in [-0.1, -0.05) is 45.0 Å². The number of rotatable bonds is 11. The Morgan fingerprint density at radius 2 is 1.61 bits per heavy atom. The molecule has 11 nitrogen and oxygen atoms in total. The summed E-state index contributed by atoms with van der Waals surface area (Å²) in [6.45, 7) is 8.63. The molecular formula is C38H46N4O7. The van der Waals surface area contributed by atoms with Gasteiger partial charge in [0.15, 0.2) is 5.76 Å². The van der Waals surface area contributed by atoms with Crippen molar-refractivity contribution in [1.82, 2.24) is 15.2 Å². The van der Waals surface area contributed by atoms with Crippen LogP contribution in [0.5, 0.6) is 0 Å². The van der Waals surface area contributed by atoms with Crippen LogP contribution >= 0.6 is 0 Å². The van der Waals surface area contributed by atoms with Gasteiger partial charge in [0.1, 0.15) is 23.9 Å². The van der Waals surface area contributed by atoms with Crippen LogP contribution < -0.4 is 21.5 Å². The van der Waals surface area contributed by atoms with Gasteiger partial charge >= 0.3 is 5.97 Å². The molecule has 4 fully saturated rings. The summed E-state index contributed by atoms with van der Waals surface area (Å²) < 4.78 is 11.7. The van der Waals surface area contributed by atoms with Crippen LogP contribution in [0, 0.1) is 23.2 Å². The number of ether oxygens (including phenoxy) is 1. The number of benzene rings is 1. The maximum atomic E-state index is 13.6. The lowest BCUT2D eigenvalue weighted by molar-refractivity contribution is -0.164. The molecule has 1 aromatic carbocycles. The van der Waals surface area contributed by atoms with Gasteiger partial charge in [-0.15, -0.1) is 0 Å². The number of hydrogen-bond acceptors (Lipinski definition) is 7. The van der Waals surface area contributed by atoms with E-state index < -0.39 is 29.4 Å². The van der Waals surface area contributed by atoms with Gasteiger partial charge in [-0.2, -0.15) is 0 Å². The Bertz CT molecular complexity index is 1850. The minimum atomic E-state index is -1.08. The van der Waals surface area contributed by atoms with Crippen molar-refractivity contribution in [3.63, 3.8) is 0 Å². The van der Waals surface area contributed by atoms with Gasteiger partial charge in [0.25, 0.3) is 11.5 Å². The Hall–Kier alpha value is -4.67. The second kappa shape index (κ2) is 12.7. The summed E-state index contributed by atoms with van der Waals surface area (Å²) in [6, 6.07) is 9.23. The number of fused-ring (bicyclic) bond motifs is 1. The maximum absolute atomic E-state index is 13.6. The van der Waals surface area contributed by atoms with E-state index in [0.717, 1.165) is 24.6 Å². The highest BCUT2D eigenvalue weighted by atomic mass is 16.5. The first-order valence-corrected chi connectivity index (χ1v) is 17.0. The first kappa shape index (κ1) is 34.2. The van der Waals surface area contributed by atoms with Crippen LogP contribution in [0.15, 0.2) is 64.0 Å². The van der Waals surface area contributed by atoms with E-state index in [2.05, 4.69) is 41.5 Å². The minimum Gasteiger partial charge on any atom is -0.466 e. The number of aryl methyl sites for hydroxylation is 1. The Labute approximate surface area is 285 Å². The molecule has 4 aliphatic carbocycles. The normalized spacial score (nSPS) is 27.6. The molecule has 0 aliphatic heterocycles.